The van der Waals surface area contributed by atoms with Gasteiger partial charge in [0.15, 0.2) is 16.5 Å². The molecule has 32 heavy (non-hydrogen) atoms. The number of Topliss-reactive ketones (excluding diaryl/α,β-unsaturated/α-hetero) is 1. The van der Waals surface area contributed by atoms with E-state index in [1.807, 2.05) is 26.0 Å². The van der Waals surface area contributed by atoms with Crippen molar-refractivity contribution < 1.29 is 13.2 Å². The molecule has 1 fully saturated rings. The third kappa shape index (κ3) is 5.74. The standard InChI is InChI=1S/C27H34O3S2/c1-5-7-8-17(3)26(31)25(28)12-9-19-14-22-16-20(6-2)23(13-18(4)21-10-11-21)27(32(29)30)24(22)15-19/h5-7,13,16,19,21,31-32H,2,8-12,14-15H2,1,3-4H3/b7-5-,18-13+,26-17-/t19-/m1/s1. The van der Waals surface area contributed by atoms with Gasteiger partial charge in [-0.1, -0.05) is 48.1 Å². The van der Waals surface area contributed by atoms with Gasteiger partial charge < -0.3 is 0 Å². The van der Waals surface area contributed by atoms with E-state index in [1.54, 1.807) is 6.08 Å². The lowest BCUT2D eigenvalue weighted by molar-refractivity contribution is -0.115. The summed E-state index contributed by atoms with van der Waals surface area (Å²) >= 11 is 4.45. The van der Waals surface area contributed by atoms with E-state index in [1.165, 1.54) is 18.4 Å². The highest BCUT2D eigenvalue weighted by Gasteiger charge is 2.29. The fraction of sp³-hybridized carbons (Fsp3) is 0.444. The van der Waals surface area contributed by atoms with Crippen molar-refractivity contribution in [1.82, 2.24) is 0 Å². The summed E-state index contributed by atoms with van der Waals surface area (Å²) in [6, 6.07) is 2.10. The Kier molecular flexibility index (Phi) is 8.40. The average molecular weight is 471 g/mol. The number of fused-ring (bicyclic) bond motifs is 1. The van der Waals surface area contributed by atoms with Gasteiger partial charge >= 0.3 is 0 Å². The number of rotatable bonds is 10. The van der Waals surface area contributed by atoms with Crippen molar-refractivity contribution in [3.63, 3.8) is 0 Å². The van der Waals surface area contributed by atoms with Crippen LogP contribution in [-0.2, 0) is 28.3 Å². The molecule has 0 spiro atoms. The number of thiol groups is 2. The third-order valence-electron chi connectivity index (χ3n) is 6.67. The minimum Gasteiger partial charge on any atom is -0.294 e. The summed E-state index contributed by atoms with van der Waals surface area (Å²) < 4.78 is 24.7. The van der Waals surface area contributed by atoms with Crippen molar-refractivity contribution >= 4 is 41.3 Å². The molecule has 0 radical (unpaired) electrons. The van der Waals surface area contributed by atoms with Crippen molar-refractivity contribution in [2.75, 3.05) is 0 Å². The molecule has 0 aromatic heterocycles. The predicted molar refractivity (Wildman–Crippen MR) is 138 cm³/mol. The van der Waals surface area contributed by atoms with E-state index in [-0.39, 0.29) is 11.7 Å². The van der Waals surface area contributed by atoms with Crippen LogP contribution in [0.2, 0.25) is 0 Å². The summed E-state index contributed by atoms with van der Waals surface area (Å²) in [5, 5.41) is 0. The van der Waals surface area contributed by atoms with Crippen LogP contribution in [0.5, 0.6) is 0 Å². The molecule has 172 valence electrons. The number of carbonyl (C=O) groups is 1. The van der Waals surface area contributed by atoms with Crippen LogP contribution in [-0.4, -0.2) is 14.2 Å². The molecular formula is C27H34O3S2. The smallest absolute Gasteiger partial charge is 0.169 e. The average Bonchev–Trinajstić information content (AvgIpc) is 3.54. The Bertz CT molecular complexity index is 1070. The van der Waals surface area contributed by atoms with E-state index in [4.69, 9.17) is 0 Å². The molecule has 0 unspecified atom stereocenters. The first kappa shape index (κ1) is 24.8. The van der Waals surface area contributed by atoms with Gasteiger partial charge in [-0.2, -0.15) is 0 Å². The largest absolute Gasteiger partial charge is 0.294 e. The molecule has 1 aromatic rings. The molecule has 5 heteroatoms. The minimum absolute atomic E-state index is 0.0666. The van der Waals surface area contributed by atoms with E-state index in [0.717, 1.165) is 47.1 Å². The highest BCUT2D eigenvalue weighted by atomic mass is 32.2. The quantitative estimate of drug-likeness (QED) is 0.238. The molecule has 0 bridgehead atoms. The molecule has 2 aliphatic rings. The first-order valence-electron chi connectivity index (χ1n) is 11.4. The fourth-order valence-corrected chi connectivity index (χ4v) is 5.63. The first-order valence-corrected chi connectivity index (χ1v) is 13.1. The fourth-order valence-electron chi connectivity index (χ4n) is 4.59. The van der Waals surface area contributed by atoms with Gasteiger partial charge in [-0.15, -0.1) is 12.6 Å². The molecule has 2 aliphatic carbocycles. The first-order chi connectivity index (χ1) is 15.3. The van der Waals surface area contributed by atoms with E-state index in [0.29, 0.717) is 28.6 Å². The van der Waals surface area contributed by atoms with E-state index < -0.39 is 10.7 Å². The Morgan fingerprint density at radius 3 is 2.56 bits per heavy atom. The lowest BCUT2D eigenvalue weighted by Gasteiger charge is -2.12. The van der Waals surface area contributed by atoms with Crippen molar-refractivity contribution in [3.8, 4) is 0 Å². The summed E-state index contributed by atoms with van der Waals surface area (Å²) in [7, 11) is -2.72. The second kappa shape index (κ2) is 10.8. The summed E-state index contributed by atoms with van der Waals surface area (Å²) in [5.74, 6) is 0.912. The molecule has 0 amide bonds. The minimum atomic E-state index is -2.72. The van der Waals surface area contributed by atoms with Crippen LogP contribution in [0.25, 0.3) is 12.2 Å². The monoisotopic (exact) mass is 470 g/mol. The highest BCUT2D eigenvalue weighted by molar-refractivity contribution is 7.85. The van der Waals surface area contributed by atoms with Gasteiger partial charge in [0.05, 0.1) is 4.90 Å². The van der Waals surface area contributed by atoms with Gasteiger partial charge in [-0.25, -0.2) is 8.42 Å². The second-order valence-electron chi connectivity index (χ2n) is 9.13. The maximum absolute atomic E-state index is 12.6. The van der Waals surface area contributed by atoms with Gasteiger partial charge in [0.2, 0.25) is 0 Å². The Morgan fingerprint density at radius 2 is 1.97 bits per heavy atom. The van der Waals surface area contributed by atoms with Crippen LogP contribution < -0.4 is 0 Å². The summed E-state index contributed by atoms with van der Waals surface area (Å²) in [6.07, 6.45) is 13.6. The maximum Gasteiger partial charge on any atom is 0.169 e. The number of carbonyl (C=O) groups excluding carboxylic acids is 1. The molecule has 3 rings (SSSR count). The van der Waals surface area contributed by atoms with Crippen LogP contribution in [0.15, 0.2) is 45.7 Å². The van der Waals surface area contributed by atoms with Crippen molar-refractivity contribution in [3.05, 3.63) is 63.1 Å². The molecule has 3 nitrogen and oxygen atoms in total. The number of hydrogen-bond acceptors (Lipinski definition) is 4. The van der Waals surface area contributed by atoms with Crippen LogP contribution in [0.4, 0.5) is 0 Å². The van der Waals surface area contributed by atoms with Gasteiger partial charge in [-0.05, 0) is 87.8 Å². The molecular weight excluding hydrogens is 436 g/mol. The maximum atomic E-state index is 12.6. The van der Waals surface area contributed by atoms with E-state index >= 15 is 0 Å². The van der Waals surface area contributed by atoms with E-state index in [2.05, 4.69) is 38.3 Å². The van der Waals surface area contributed by atoms with Crippen LogP contribution >= 0.6 is 12.6 Å². The predicted octanol–water partition coefficient (Wildman–Crippen LogP) is 6.35. The molecule has 1 saturated carbocycles. The Balaban J connectivity index is 1.81. The number of benzene rings is 1. The molecule has 1 aromatic carbocycles. The Morgan fingerprint density at radius 1 is 1.25 bits per heavy atom. The van der Waals surface area contributed by atoms with Crippen molar-refractivity contribution in [1.29, 1.82) is 0 Å². The molecule has 0 N–H and O–H groups in total. The van der Waals surface area contributed by atoms with Gasteiger partial charge in [-0.3, -0.25) is 4.79 Å². The molecule has 0 heterocycles. The van der Waals surface area contributed by atoms with Crippen molar-refractivity contribution in [2.24, 2.45) is 11.8 Å². The second-order valence-corrected chi connectivity index (χ2v) is 10.5. The number of allylic oxidation sites excluding steroid dienone is 5. The zero-order chi connectivity index (χ0) is 23.4. The van der Waals surface area contributed by atoms with Gasteiger partial charge in [0.1, 0.15) is 0 Å². The molecule has 0 saturated heterocycles. The van der Waals surface area contributed by atoms with Crippen LogP contribution in [0, 0.1) is 11.8 Å². The highest BCUT2D eigenvalue weighted by Crippen LogP contribution is 2.41. The summed E-state index contributed by atoms with van der Waals surface area (Å²) in [4.78, 5) is 13.6. The Hall–Kier alpha value is -1.85. The van der Waals surface area contributed by atoms with E-state index in [9.17, 15) is 13.2 Å². The zero-order valence-corrected chi connectivity index (χ0v) is 21.1. The SMILES string of the molecule is C=Cc1cc2c(c([SH](=O)=O)c1/C=C(\C)C1CC1)C[C@H](CCC(=O)/C(S)=C(\C)C/C=C\C)C2. The number of hydrogen-bond donors (Lipinski definition) is 2. The normalized spacial score (nSPS) is 19.4. The van der Waals surface area contributed by atoms with Crippen LogP contribution in [0.1, 0.15) is 75.1 Å². The number of ketones is 1. The lowest BCUT2D eigenvalue weighted by Crippen LogP contribution is -2.06. The zero-order valence-electron chi connectivity index (χ0n) is 19.3. The van der Waals surface area contributed by atoms with Gasteiger partial charge in [0, 0.05) is 16.9 Å². The Labute approximate surface area is 199 Å². The molecule has 1 atom stereocenters. The van der Waals surface area contributed by atoms with Gasteiger partial charge in [0.25, 0.3) is 0 Å². The summed E-state index contributed by atoms with van der Waals surface area (Å²) in [5.41, 5.74) is 5.91. The topological polar surface area (TPSA) is 51.2 Å². The summed E-state index contributed by atoms with van der Waals surface area (Å²) in [6.45, 7) is 9.93. The molecule has 0 aliphatic heterocycles. The lowest BCUT2D eigenvalue weighted by atomic mass is 9.97. The van der Waals surface area contributed by atoms with Crippen molar-refractivity contribution in [2.45, 2.75) is 70.6 Å². The van der Waals surface area contributed by atoms with Crippen LogP contribution in [0.3, 0.4) is 0 Å². The third-order valence-corrected chi connectivity index (χ3v) is 8.18.